The number of rotatable bonds is 5. The average Bonchev–Trinajstić information content (AvgIpc) is 2.85. The number of hydrogen-bond donors (Lipinski definition) is 1. The maximum atomic E-state index is 12.4. The molecule has 0 spiro atoms. The van der Waals surface area contributed by atoms with Gasteiger partial charge >= 0.3 is 0 Å². The maximum absolute atomic E-state index is 12.4. The van der Waals surface area contributed by atoms with E-state index in [1.165, 1.54) is 0 Å². The van der Waals surface area contributed by atoms with Crippen LogP contribution in [0.4, 0.5) is 5.82 Å². The molecule has 8 nitrogen and oxygen atoms in total. The summed E-state index contributed by atoms with van der Waals surface area (Å²) in [5.41, 5.74) is 1.30. The van der Waals surface area contributed by atoms with Crippen LogP contribution in [0, 0.1) is 19.8 Å². The van der Waals surface area contributed by atoms with Crippen LogP contribution < -0.4 is 9.62 Å². The summed E-state index contributed by atoms with van der Waals surface area (Å²) in [7, 11) is -3.61. The summed E-state index contributed by atoms with van der Waals surface area (Å²) in [5, 5.41) is 12.3. The molecule has 0 atom stereocenters. The Kier molecular flexibility index (Phi) is 4.78. The van der Waals surface area contributed by atoms with Crippen molar-refractivity contribution in [2.75, 3.05) is 24.5 Å². The topological polar surface area (TPSA) is 101 Å². The van der Waals surface area contributed by atoms with Crippen molar-refractivity contribution in [1.82, 2.24) is 20.1 Å². The molecular formula is C17H25N5O3S. The van der Waals surface area contributed by atoms with Gasteiger partial charge in [-0.3, -0.25) is 0 Å². The van der Waals surface area contributed by atoms with E-state index in [4.69, 9.17) is 4.52 Å². The predicted molar refractivity (Wildman–Crippen MR) is 97.6 cm³/mol. The van der Waals surface area contributed by atoms with E-state index in [2.05, 4.69) is 45.7 Å². The number of aromatic nitrogens is 3. The quantitative estimate of drug-likeness (QED) is 0.845. The van der Waals surface area contributed by atoms with E-state index in [9.17, 15) is 8.42 Å². The van der Waals surface area contributed by atoms with Gasteiger partial charge in [0.15, 0.2) is 11.6 Å². The van der Waals surface area contributed by atoms with Gasteiger partial charge in [0, 0.05) is 31.0 Å². The zero-order valence-electron chi connectivity index (χ0n) is 15.8. The SMILES string of the molecule is Cc1noc(C)c1S(=O)(=O)NCC1CN(c2ccc(C(C)(C)C)nn2)C1. The minimum atomic E-state index is -3.61. The average molecular weight is 379 g/mol. The first kappa shape index (κ1) is 18.8. The van der Waals surface area contributed by atoms with E-state index in [0.717, 1.165) is 24.6 Å². The van der Waals surface area contributed by atoms with Crippen LogP contribution in [0.25, 0.3) is 0 Å². The third-order valence-corrected chi connectivity index (χ3v) is 6.17. The van der Waals surface area contributed by atoms with Crippen LogP contribution in [0.15, 0.2) is 21.6 Å². The van der Waals surface area contributed by atoms with E-state index in [0.29, 0.717) is 18.0 Å². The highest BCUT2D eigenvalue weighted by molar-refractivity contribution is 7.89. The van der Waals surface area contributed by atoms with Gasteiger partial charge in [-0.2, -0.15) is 5.10 Å². The lowest BCUT2D eigenvalue weighted by Crippen LogP contribution is -2.52. The fourth-order valence-corrected chi connectivity index (χ4v) is 4.38. The second kappa shape index (κ2) is 6.62. The molecule has 2 aromatic rings. The van der Waals surface area contributed by atoms with Crippen molar-refractivity contribution in [3.8, 4) is 0 Å². The summed E-state index contributed by atoms with van der Waals surface area (Å²) in [5.74, 6) is 1.36. The lowest BCUT2D eigenvalue weighted by atomic mass is 9.92. The fourth-order valence-electron chi connectivity index (χ4n) is 2.94. The van der Waals surface area contributed by atoms with Gasteiger partial charge in [0.05, 0.1) is 5.69 Å². The highest BCUT2D eigenvalue weighted by Crippen LogP contribution is 2.25. The molecule has 1 aliphatic heterocycles. The molecular weight excluding hydrogens is 354 g/mol. The lowest BCUT2D eigenvalue weighted by Gasteiger charge is -2.40. The molecule has 1 saturated heterocycles. The van der Waals surface area contributed by atoms with Gasteiger partial charge in [-0.25, -0.2) is 13.1 Å². The Morgan fingerprint density at radius 2 is 1.92 bits per heavy atom. The molecule has 0 radical (unpaired) electrons. The third-order valence-electron chi connectivity index (χ3n) is 4.50. The molecule has 0 amide bonds. The molecule has 1 N–H and O–H groups in total. The summed E-state index contributed by atoms with van der Waals surface area (Å²) in [6.45, 7) is 11.4. The smallest absolute Gasteiger partial charge is 0.245 e. The minimum Gasteiger partial charge on any atom is -0.360 e. The second-order valence-electron chi connectivity index (χ2n) is 7.80. The standard InChI is InChI=1S/C17H25N5O3S/c1-11-16(12(2)25-21-11)26(23,24)18-8-13-9-22(10-13)15-7-6-14(19-20-15)17(3,4)5/h6-7,13,18H,8-10H2,1-5H3. The van der Waals surface area contributed by atoms with Crippen molar-refractivity contribution < 1.29 is 12.9 Å². The first-order chi connectivity index (χ1) is 12.1. The monoisotopic (exact) mass is 379 g/mol. The molecule has 0 bridgehead atoms. The van der Waals surface area contributed by atoms with Crippen LogP contribution in [0.3, 0.4) is 0 Å². The van der Waals surface area contributed by atoms with Gasteiger partial charge in [-0.1, -0.05) is 25.9 Å². The number of nitrogens with one attached hydrogen (secondary N) is 1. The van der Waals surface area contributed by atoms with Crippen molar-refractivity contribution in [2.45, 2.75) is 44.9 Å². The van der Waals surface area contributed by atoms with Gasteiger partial charge in [0.25, 0.3) is 0 Å². The van der Waals surface area contributed by atoms with Crippen molar-refractivity contribution in [3.05, 3.63) is 29.3 Å². The molecule has 0 aliphatic carbocycles. The molecule has 3 rings (SSSR count). The zero-order chi connectivity index (χ0) is 19.1. The molecule has 9 heteroatoms. The number of anilines is 1. The highest BCUT2D eigenvalue weighted by atomic mass is 32.2. The van der Waals surface area contributed by atoms with Gasteiger partial charge < -0.3 is 9.42 Å². The molecule has 26 heavy (non-hydrogen) atoms. The Morgan fingerprint density at radius 1 is 1.23 bits per heavy atom. The van der Waals surface area contributed by atoms with E-state index < -0.39 is 10.0 Å². The molecule has 1 aliphatic rings. The number of hydrogen-bond acceptors (Lipinski definition) is 7. The Balaban J connectivity index is 1.55. The normalized spacial score (nSPS) is 16.0. The van der Waals surface area contributed by atoms with Crippen molar-refractivity contribution in [1.29, 1.82) is 0 Å². The molecule has 1 fully saturated rings. The molecule has 0 unspecified atom stereocenters. The van der Waals surface area contributed by atoms with E-state index in [1.807, 2.05) is 12.1 Å². The molecule has 0 saturated carbocycles. The molecule has 2 aromatic heterocycles. The minimum absolute atomic E-state index is 0.0283. The number of sulfonamides is 1. The van der Waals surface area contributed by atoms with Crippen LogP contribution in [0.2, 0.25) is 0 Å². The van der Waals surface area contributed by atoms with Crippen LogP contribution in [0.5, 0.6) is 0 Å². The van der Waals surface area contributed by atoms with Crippen molar-refractivity contribution >= 4 is 15.8 Å². The van der Waals surface area contributed by atoms with E-state index in [-0.39, 0.29) is 16.2 Å². The number of nitrogens with zero attached hydrogens (tertiary/aromatic N) is 4. The number of aryl methyl sites for hydroxylation is 2. The van der Waals surface area contributed by atoms with Crippen molar-refractivity contribution in [3.63, 3.8) is 0 Å². The summed E-state index contributed by atoms with van der Waals surface area (Å²) in [6, 6.07) is 3.97. The molecule has 0 aromatic carbocycles. The summed E-state index contributed by atoms with van der Waals surface area (Å²) < 4.78 is 32.4. The van der Waals surface area contributed by atoms with Gasteiger partial charge in [0.2, 0.25) is 10.0 Å². The Labute approximate surface area is 154 Å². The van der Waals surface area contributed by atoms with Crippen molar-refractivity contribution in [2.24, 2.45) is 5.92 Å². The fraction of sp³-hybridized carbons (Fsp3) is 0.588. The summed E-state index contributed by atoms with van der Waals surface area (Å²) in [6.07, 6.45) is 0. The van der Waals surface area contributed by atoms with Gasteiger partial charge in [-0.15, -0.1) is 5.10 Å². The molecule has 3 heterocycles. The maximum Gasteiger partial charge on any atom is 0.245 e. The van der Waals surface area contributed by atoms with E-state index in [1.54, 1.807) is 13.8 Å². The first-order valence-electron chi connectivity index (χ1n) is 8.59. The Morgan fingerprint density at radius 3 is 2.42 bits per heavy atom. The highest BCUT2D eigenvalue weighted by Gasteiger charge is 2.31. The van der Waals surface area contributed by atoms with E-state index >= 15 is 0 Å². The zero-order valence-corrected chi connectivity index (χ0v) is 16.6. The Hall–Kier alpha value is -2.00. The third kappa shape index (κ3) is 3.73. The lowest BCUT2D eigenvalue weighted by molar-refractivity contribution is 0.390. The van der Waals surface area contributed by atoms with Crippen LogP contribution in [0.1, 0.15) is 37.9 Å². The summed E-state index contributed by atoms with van der Waals surface area (Å²) >= 11 is 0. The van der Waals surface area contributed by atoms with Gasteiger partial charge in [-0.05, 0) is 26.0 Å². The Bertz CT molecular complexity index is 859. The van der Waals surface area contributed by atoms with Crippen LogP contribution in [-0.4, -0.2) is 43.4 Å². The molecule has 142 valence electrons. The van der Waals surface area contributed by atoms with Crippen LogP contribution in [-0.2, 0) is 15.4 Å². The first-order valence-corrected chi connectivity index (χ1v) is 10.1. The largest absolute Gasteiger partial charge is 0.360 e. The predicted octanol–water partition coefficient (Wildman–Crippen LogP) is 1.79. The van der Waals surface area contributed by atoms with Gasteiger partial charge in [0.1, 0.15) is 10.6 Å². The van der Waals surface area contributed by atoms with Crippen LogP contribution >= 0.6 is 0 Å². The second-order valence-corrected chi connectivity index (χ2v) is 9.51. The summed E-state index contributed by atoms with van der Waals surface area (Å²) in [4.78, 5) is 2.23.